The predicted molar refractivity (Wildman–Crippen MR) is 128 cm³/mol. The Labute approximate surface area is 195 Å². The van der Waals surface area contributed by atoms with Gasteiger partial charge in [-0.2, -0.15) is 0 Å². The maximum Gasteiger partial charge on any atom is 0.300 e. The number of hydrogen-bond acceptors (Lipinski definition) is 5. The van der Waals surface area contributed by atoms with Gasteiger partial charge >= 0.3 is 0 Å². The maximum absolute atomic E-state index is 13.2. The number of Topliss-reactive ketones (excluding diaryl/α,β-unsaturated/α-hetero) is 1. The summed E-state index contributed by atoms with van der Waals surface area (Å²) in [5, 5.41) is 13.5. The number of ketones is 1. The van der Waals surface area contributed by atoms with E-state index in [0.29, 0.717) is 18.0 Å². The number of aliphatic hydroxyl groups excluding tert-OH is 1. The molecule has 7 heteroatoms. The zero-order valence-electron chi connectivity index (χ0n) is 17.9. The molecular weight excluding hydrogens is 446 g/mol. The molecule has 1 unspecified atom stereocenters. The van der Waals surface area contributed by atoms with Gasteiger partial charge in [-0.3, -0.25) is 14.5 Å². The molecule has 0 radical (unpaired) electrons. The van der Waals surface area contributed by atoms with Gasteiger partial charge in [0.15, 0.2) is 0 Å². The Morgan fingerprint density at radius 3 is 2.47 bits per heavy atom. The molecule has 32 heavy (non-hydrogen) atoms. The number of amides is 1. The van der Waals surface area contributed by atoms with Gasteiger partial charge in [0.1, 0.15) is 17.6 Å². The van der Waals surface area contributed by atoms with E-state index >= 15 is 0 Å². The average molecular weight is 468 g/mol. The lowest BCUT2D eigenvalue weighted by Crippen LogP contribution is -2.29. The molecule has 1 fully saturated rings. The molecule has 164 valence electrons. The molecule has 3 aromatic rings. The summed E-state index contributed by atoms with van der Waals surface area (Å²) in [5.74, 6) is -1.25. The standard InChI is InChI=1S/C25H22ClNO4S/c1-4-31-17-9-10-19(26)18(13-17)22(28)20-21(24-15(3)11-12-32-24)27(25(30)23(20)29)16-7-5-14(2)6-8-16/h5-13,21,28H,4H2,1-3H3/b22-20+. The number of aliphatic hydroxyl groups is 1. The van der Waals surface area contributed by atoms with Crippen LogP contribution in [0.2, 0.25) is 5.02 Å². The molecule has 1 aliphatic heterocycles. The minimum absolute atomic E-state index is 0.0108. The first-order valence-electron chi connectivity index (χ1n) is 10.2. The average Bonchev–Trinajstić information content (AvgIpc) is 3.30. The molecule has 1 atom stereocenters. The number of hydrogen-bond donors (Lipinski definition) is 1. The Balaban J connectivity index is 1.95. The van der Waals surface area contributed by atoms with Gasteiger partial charge in [-0.25, -0.2) is 0 Å². The Morgan fingerprint density at radius 2 is 1.84 bits per heavy atom. The molecule has 1 aromatic heterocycles. The summed E-state index contributed by atoms with van der Waals surface area (Å²) >= 11 is 7.81. The number of anilines is 1. The minimum atomic E-state index is -0.760. The van der Waals surface area contributed by atoms with Crippen LogP contribution >= 0.6 is 22.9 Å². The van der Waals surface area contributed by atoms with E-state index in [1.807, 2.05) is 44.4 Å². The van der Waals surface area contributed by atoms with E-state index in [2.05, 4.69) is 0 Å². The fourth-order valence-corrected chi connectivity index (χ4v) is 5.04. The predicted octanol–water partition coefficient (Wildman–Crippen LogP) is 6.04. The van der Waals surface area contributed by atoms with Crippen molar-refractivity contribution in [2.75, 3.05) is 11.5 Å². The Morgan fingerprint density at radius 1 is 1.12 bits per heavy atom. The zero-order valence-corrected chi connectivity index (χ0v) is 19.5. The van der Waals surface area contributed by atoms with Crippen molar-refractivity contribution in [2.24, 2.45) is 0 Å². The Hall–Kier alpha value is -3.09. The number of nitrogens with zero attached hydrogens (tertiary/aromatic N) is 1. The van der Waals surface area contributed by atoms with E-state index in [1.54, 1.807) is 30.3 Å². The summed E-state index contributed by atoms with van der Waals surface area (Å²) in [7, 11) is 0. The van der Waals surface area contributed by atoms with Crippen molar-refractivity contribution < 1.29 is 19.4 Å². The van der Waals surface area contributed by atoms with Gasteiger partial charge in [-0.1, -0.05) is 29.3 Å². The fourth-order valence-electron chi connectivity index (χ4n) is 3.80. The summed E-state index contributed by atoms with van der Waals surface area (Å²) in [6, 6.07) is 13.4. The van der Waals surface area contributed by atoms with Crippen LogP contribution in [0.4, 0.5) is 5.69 Å². The van der Waals surface area contributed by atoms with Crippen molar-refractivity contribution in [2.45, 2.75) is 26.8 Å². The van der Waals surface area contributed by atoms with Gasteiger partial charge in [0.25, 0.3) is 11.7 Å². The van der Waals surface area contributed by atoms with E-state index in [0.717, 1.165) is 16.0 Å². The minimum Gasteiger partial charge on any atom is -0.507 e. The number of aryl methyl sites for hydroxylation is 2. The summed E-state index contributed by atoms with van der Waals surface area (Å²) in [6.45, 7) is 6.16. The third kappa shape index (κ3) is 3.80. The van der Waals surface area contributed by atoms with Gasteiger partial charge in [0.05, 0.1) is 17.2 Å². The number of rotatable bonds is 5. The maximum atomic E-state index is 13.2. The largest absolute Gasteiger partial charge is 0.507 e. The highest BCUT2D eigenvalue weighted by Crippen LogP contribution is 2.45. The topological polar surface area (TPSA) is 66.8 Å². The second-order valence-corrected chi connectivity index (χ2v) is 8.90. The monoisotopic (exact) mass is 467 g/mol. The summed E-state index contributed by atoms with van der Waals surface area (Å²) < 4.78 is 5.53. The normalized spacial score (nSPS) is 17.8. The van der Waals surface area contributed by atoms with Crippen molar-refractivity contribution >= 4 is 46.1 Å². The lowest BCUT2D eigenvalue weighted by molar-refractivity contribution is -0.132. The van der Waals surface area contributed by atoms with Crippen LogP contribution in [-0.2, 0) is 9.59 Å². The molecule has 2 aromatic carbocycles. The molecule has 0 spiro atoms. The van der Waals surface area contributed by atoms with Crippen molar-refractivity contribution in [1.82, 2.24) is 0 Å². The second kappa shape index (κ2) is 8.81. The van der Waals surface area contributed by atoms with E-state index < -0.39 is 17.7 Å². The second-order valence-electron chi connectivity index (χ2n) is 7.55. The van der Waals surface area contributed by atoms with Crippen molar-refractivity contribution in [3.05, 3.63) is 86.1 Å². The van der Waals surface area contributed by atoms with Crippen LogP contribution in [0, 0.1) is 13.8 Å². The van der Waals surface area contributed by atoms with Crippen LogP contribution in [0.25, 0.3) is 5.76 Å². The van der Waals surface area contributed by atoms with Gasteiger partial charge in [-0.05, 0) is 68.1 Å². The molecule has 1 aliphatic rings. The first-order chi connectivity index (χ1) is 15.3. The number of halogens is 1. The first-order valence-corrected chi connectivity index (χ1v) is 11.4. The van der Waals surface area contributed by atoms with Crippen LogP contribution < -0.4 is 9.64 Å². The van der Waals surface area contributed by atoms with E-state index in [-0.39, 0.29) is 21.9 Å². The van der Waals surface area contributed by atoms with Gasteiger partial charge < -0.3 is 9.84 Å². The summed E-state index contributed by atoms with van der Waals surface area (Å²) in [6.07, 6.45) is 0. The number of thiophene rings is 1. The molecule has 4 rings (SSSR count). The molecule has 0 saturated carbocycles. The lowest BCUT2D eigenvalue weighted by Gasteiger charge is -2.25. The van der Waals surface area contributed by atoms with Crippen LogP contribution in [0.3, 0.4) is 0 Å². The van der Waals surface area contributed by atoms with Gasteiger partial charge in [-0.15, -0.1) is 11.3 Å². The number of ether oxygens (including phenoxy) is 1. The summed E-state index contributed by atoms with van der Waals surface area (Å²) in [5.41, 5.74) is 2.81. The van der Waals surface area contributed by atoms with E-state index in [4.69, 9.17) is 16.3 Å². The SMILES string of the molecule is CCOc1ccc(Cl)c(/C(O)=C2\C(=O)C(=O)N(c3ccc(C)cc3)C2c2sccc2C)c1. The zero-order chi connectivity index (χ0) is 23.0. The molecule has 1 saturated heterocycles. The fraction of sp³-hybridized carbons (Fsp3) is 0.200. The van der Waals surface area contributed by atoms with Gasteiger partial charge in [0, 0.05) is 16.1 Å². The molecule has 0 aliphatic carbocycles. The highest BCUT2D eigenvalue weighted by Gasteiger charge is 2.48. The number of carbonyl (C=O) groups is 2. The van der Waals surface area contributed by atoms with Crippen molar-refractivity contribution in [3.63, 3.8) is 0 Å². The summed E-state index contributed by atoms with van der Waals surface area (Å²) in [4.78, 5) is 28.7. The third-order valence-corrected chi connectivity index (χ3v) is 6.81. The van der Waals surface area contributed by atoms with Crippen LogP contribution in [0.5, 0.6) is 5.75 Å². The van der Waals surface area contributed by atoms with Crippen molar-refractivity contribution in [1.29, 1.82) is 0 Å². The van der Waals surface area contributed by atoms with Crippen LogP contribution in [-0.4, -0.2) is 23.4 Å². The molecule has 0 bridgehead atoms. The number of benzene rings is 2. The molecule has 2 heterocycles. The molecule has 1 amide bonds. The van der Waals surface area contributed by atoms with Crippen molar-refractivity contribution in [3.8, 4) is 5.75 Å². The third-order valence-electron chi connectivity index (χ3n) is 5.41. The quantitative estimate of drug-likeness (QED) is 0.282. The first kappa shape index (κ1) is 22.1. The lowest BCUT2D eigenvalue weighted by atomic mass is 9.98. The van der Waals surface area contributed by atoms with E-state index in [1.165, 1.54) is 16.2 Å². The van der Waals surface area contributed by atoms with Gasteiger partial charge in [0.2, 0.25) is 0 Å². The molecular formula is C25H22ClNO4S. The Kier molecular flexibility index (Phi) is 6.09. The molecule has 5 nitrogen and oxygen atoms in total. The van der Waals surface area contributed by atoms with Crippen LogP contribution in [0.15, 0.2) is 59.5 Å². The Bertz CT molecular complexity index is 1230. The highest BCUT2D eigenvalue weighted by atomic mass is 35.5. The highest BCUT2D eigenvalue weighted by molar-refractivity contribution is 7.10. The number of carbonyl (C=O) groups excluding carboxylic acids is 2. The van der Waals surface area contributed by atoms with E-state index in [9.17, 15) is 14.7 Å². The van der Waals surface area contributed by atoms with Crippen LogP contribution in [0.1, 0.15) is 34.5 Å². The molecule has 1 N–H and O–H groups in total. The smallest absolute Gasteiger partial charge is 0.300 e.